The van der Waals surface area contributed by atoms with Crippen LogP contribution in [0.15, 0.2) is 48.5 Å². The van der Waals surface area contributed by atoms with Gasteiger partial charge in [-0.05, 0) is 43.7 Å². The fraction of sp³-hybridized carbons (Fsp3) is 0.100. The van der Waals surface area contributed by atoms with Crippen molar-refractivity contribution in [3.63, 3.8) is 0 Å². The molecule has 0 fully saturated rings. The second-order valence-electron chi connectivity index (χ2n) is 6.41. The molecule has 10 heteroatoms. The zero-order chi connectivity index (χ0) is 22.0. The molecule has 2 N–H and O–H groups in total. The number of phenolic OH excluding ortho intramolecular Hbond substituents is 2. The van der Waals surface area contributed by atoms with Crippen molar-refractivity contribution >= 4 is 11.4 Å². The average molecular weight is 412 g/mol. The van der Waals surface area contributed by atoms with Crippen LogP contribution in [0.1, 0.15) is 11.1 Å². The summed E-state index contributed by atoms with van der Waals surface area (Å²) in [6.07, 6.45) is 0. The SMILES string of the molecule is Cc1cc(Oc2ccc([N+](=O)[O-])c(O)c2)c(C)c(Oc2ccc([N+](=O)[O-])c(O)c2)c1. The van der Waals surface area contributed by atoms with Gasteiger partial charge in [0.25, 0.3) is 0 Å². The van der Waals surface area contributed by atoms with E-state index in [1.807, 2.05) is 0 Å². The molecule has 0 heterocycles. The van der Waals surface area contributed by atoms with Crippen LogP contribution >= 0.6 is 0 Å². The summed E-state index contributed by atoms with van der Waals surface area (Å²) in [6.45, 7) is 3.50. The van der Waals surface area contributed by atoms with E-state index >= 15 is 0 Å². The van der Waals surface area contributed by atoms with Gasteiger partial charge in [0, 0.05) is 29.8 Å². The number of ether oxygens (including phenoxy) is 2. The van der Waals surface area contributed by atoms with Crippen LogP contribution in [0.25, 0.3) is 0 Å². The molecule has 0 spiro atoms. The molecule has 0 aliphatic carbocycles. The van der Waals surface area contributed by atoms with Crippen molar-refractivity contribution in [3.05, 3.63) is 79.9 Å². The lowest BCUT2D eigenvalue weighted by Crippen LogP contribution is -1.95. The monoisotopic (exact) mass is 412 g/mol. The average Bonchev–Trinajstić information content (AvgIpc) is 2.65. The number of phenols is 2. The second kappa shape index (κ2) is 7.95. The van der Waals surface area contributed by atoms with Crippen molar-refractivity contribution in [2.75, 3.05) is 0 Å². The molecule has 0 atom stereocenters. The molecule has 10 nitrogen and oxygen atoms in total. The van der Waals surface area contributed by atoms with Crippen molar-refractivity contribution in [3.8, 4) is 34.5 Å². The molecule has 3 aromatic rings. The highest BCUT2D eigenvalue weighted by Crippen LogP contribution is 2.39. The molecule has 3 rings (SSSR count). The van der Waals surface area contributed by atoms with E-state index in [0.29, 0.717) is 17.1 Å². The minimum Gasteiger partial charge on any atom is -0.502 e. The van der Waals surface area contributed by atoms with E-state index in [-0.39, 0.29) is 11.5 Å². The van der Waals surface area contributed by atoms with Crippen LogP contribution in [-0.4, -0.2) is 20.1 Å². The molecule has 0 radical (unpaired) electrons. The maximum atomic E-state index is 10.8. The van der Waals surface area contributed by atoms with Crippen LogP contribution in [0.4, 0.5) is 11.4 Å². The number of nitro benzene ring substituents is 2. The van der Waals surface area contributed by atoms with E-state index in [0.717, 1.165) is 29.8 Å². The van der Waals surface area contributed by atoms with Crippen LogP contribution in [0.3, 0.4) is 0 Å². The standard InChI is InChI=1S/C20H16N2O8/c1-11-7-19(29-13-3-5-15(21(25)26)17(23)9-13)12(2)20(8-11)30-14-4-6-16(22(27)28)18(24)10-14/h3-10,23-24H,1-2H3. The Labute approximate surface area is 169 Å². The fourth-order valence-electron chi connectivity index (χ4n) is 2.70. The van der Waals surface area contributed by atoms with Crippen molar-refractivity contribution in [1.82, 2.24) is 0 Å². The largest absolute Gasteiger partial charge is 0.502 e. The molecule has 0 aliphatic heterocycles. The minimum absolute atomic E-state index is 0.186. The third kappa shape index (κ3) is 4.22. The van der Waals surface area contributed by atoms with Crippen molar-refractivity contribution in [2.24, 2.45) is 0 Å². The lowest BCUT2D eigenvalue weighted by molar-refractivity contribution is -0.386. The van der Waals surface area contributed by atoms with E-state index in [1.165, 1.54) is 12.1 Å². The molecule has 0 amide bonds. The maximum Gasteiger partial charge on any atom is 0.310 e. The number of nitro groups is 2. The Bertz CT molecular complexity index is 1070. The smallest absolute Gasteiger partial charge is 0.310 e. The molecule has 30 heavy (non-hydrogen) atoms. The third-order valence-corrected chi connectivity index (χ3v) is 4.20. The topological polar surface area (TPSA) is 145 Å². The number of hydrogen-bond acceptors (Lipinski definition) is 8. The summed E-state index contributed by atoms with van der Waals surface area (Å²) in [4.78, 5) is 20.2. The minimum atomic E-state index is -0.706. The van der Waals surface area contributed by atoms with E-state index < -0.39 is 32.7 Å². The Morgan fingerprint density at radius 3 is 1.47 bits per heavy atom. The van der Waals surface area contributed by atoms with Gasteiger partial charge in [0.05, 0.1) is 9.85 Å². The third-order valence-electron chi connectivity index (χ3n) is 4.20. The summed E-state index contributed by atoms with van der Waals surface area (Å²) in [5, 5.41) is 41.2. The zero-order valence-electron chi connectivity index (χ0n) is 15.9. The van der Waals surface area contributed by atoms with Gasteiger partial charge >= 0.3 is 11.4 Å². The van der Waals surface area contributed by atoms with E-state index in [4.69, 9.17) is 9.47 Å². The number of hydrogen-bond donors (Lipinski definition) is 2. The van der Waals surface area contributed by atoms with Gasteiger partial charge in [-0.3, -0.25) is 20.2 Å². The van der Waals surface area contributed by atoms with Gasteiger partial charge in [-0.25, -0.2) is 0 Å². The van der Waals surface area contributed by atoms with E-state index in [9.17, 15) is 30.4 Å². The number of aromatic hydroxyl groups is 2. The van der Waals surface area contributed by atoms with E-state index in [2.05, 4.69) is 0 Å². The zero-order valence-corrected chi connectivity index (χ0v) is 15.9. The van der Waals surface area contributed by atoms with Crippen LogP contribution in [-0.2, 0) is 0 Å². The van der Waals surface area contributed by atoms with Crippen LogP contribution in [0.2, 0.25) is 0 Å². The highest BCUT2D eigenvalue weighted by Gasteiger charge is 2.17. The van der Waals surface area contributed by atoms with Gasteiger partial charge < -0.3 is 19.7 Å². The maximum absolute atomic E-state index is 10.8. The first kappa shape index (κ1) is 20.4. The number of aryl methyl sites for hydroxylation is 1. The first-order chi connectivity index (χ1) is 14.2. The summed E-state index contributed by atoms with van der Waals surface area (Å²) < 4.78 is 11.5. The van der Waals surface area contributed by atoms with Gasteiger partial charge in [0.1, 0.15) is 23.0 Å². The normalized spacial score (nSPS) is 10.5. The van der Waals surface area contributed by atoms with Gasteiger partial charge in [-0.1, -0.05) is 0 Å². The first-order valence-corrected chi connectivity index (χ1v) is 8.57. The van der Waals surface area contributed by atoms with Crippen LogP contribution < -0.4 is 9.47 Å². The lowest BCUT2D eigenvalue weighted by atomic mass is 10.1. The second-order valence-corrected chi connectivity index (χ2v) is 6.41. The lowest BCUT2D eigenvalue weighted by Gasteiger charge is -2.15. The Kier molecular flexibility index (Phi) is 5.41. The summed E-state index contributed by atoms with van der Waals surface area (Å²) in [7, 11) is 0. The summed E-state index contributed by atoms with van der Waals surface area (Å²) >= 11 is 0. The van der Waals surface area contributed by atoms with Gasteiger partial charge in [-0.2, -0.15) is 0 Å². The fourth-order valence-corrected chi connectivity index (χ4v) is 2.70. The van der Waals surface area contributed by atoms with Crippen LogP contribution in [0, 0.1) is 34.1 Å². The number of rotatable bonds is 6. The number of benzene rings is 3. The Hall–Kier alpha value is -4.34. The van der Waals surface area contributed by atoms with Gasteiger partial charge in [-0.15, -0.1) is 0 Å². The predicted molar refractivity (Wildman–Crippen MR) is 106 cm³/mol. The molecule has 0 saturated heterocycles. The van der Waals surface area contributed by atoms with Crippen LogP contribution in [0.5, 0.6) is 34.5 Å². The summed E-state index contributed by atoms with van der Waals surface area (Å²) in [6, 6.07) is 10.7. The molecule has 0 aromatic heterocycles. The first-order valence-electron chi connectivity index (χ1n) is 8.57. The Morgan fingerprint density at radius 2 is 1.13 bits per heavy atom. The Balaban J connectivity index is 1.90. The number of nitrogens with zero attached hydrogens (tertiary/aromatic N) is 2. The molecule has 0 bridgehead atoms. The van der Waals surface area contributed by atoms with Gasteiger partial charge in [0.15, 0.2) is 11.5 Å². The molecule has 0 aliphatic rings. The highest BCUT2D eigenvalue weighted by molar-refractivity contribution is 5.55. The quantitative estimate of drug-likeness (QED) is 0.419. The Morgan fingerprint density at radius 1 is 0.733 bits per heavy atom. The summed E-state index contributed by atoms with van der Waals surface area (Å²) in [5.74, 6) is 0.0755. The van der Waals surface area contributed by atoms with Gasteiger partial charge in [0.2, 0.25) is 0 Å². The molecule has 0 saturated carbocycles. The van der Waals surface area contributed by atoms with Crippen molar-refractivity contribution in [2.45, 2.75) is 13.8 Å². The molecular weight excluding hydrogens is 396 g/mol. The molecule has 0 unspecified atom stereocenters. The van der Waals surface area contributed by atoms with Crippen molar-refractivity contribution in [1.29, 1.82) is 0 Å². The highest BCUT2D eigenvalue weighted by atomic mass is 16.6. The van der Waals surface area contributed by atoms with E-state index in [1.54, 1.807) is 26.0 Å². The molecule has 154 valence electrons. The van der Waals surface area contributed by atoms with Crippen molar-refractivity contribution < 1.29 is 29.5 Å². The predicted octanol–water partition coefficient (Wildman–Crippen LogP) is 5.12. The summed E-state index contributed by atoms with van der Waals surface area (Å²) in [5.41, 5.74) is 0.454. The molecule has 3 aromatic carbocycles. The molecular formula is C20H16N2O8.